The summed E-state index contributed by atoms with van der Waals surface area (Å²) in [6, 6.07) is 12.6. The molecule has 0 aliphatic carbocycles. The largest absolute Gasteiger partial charge is 0.454 e. The van der Waals surface area contributed by atoms with Gasteiger partial charge in [-0.3, -0.25) is 9.59 Å². The van der Waals surface area contributed by atoms with Gasteiger partial charge < -0.3 is 19.7 Å². The molecule has 2 aliphatic heterocycles. The third-order valence-electron chi connectivity index (χ3n) is 4.54. The molecule has 2 amide bonds. The van der Waals surface area contributed by atoms with E-state index in [9.17, 15) is 9.59 Å². The summed E-state index contributed by atoms with van der Waals surface area (Å²) in [6.45, 7) is 0.963. The Kier molecular flexibility index (Phi) is 4.42. The number of amides is 2. The van der Waals surface area contributed by atoms with Crippen LogP contribution in [0.2, 0.25) is 5.02 Å². The number of nitrogens with zero attached hydrogens (tertiary/aromatic N) is 1. The number of nitrogens with one attached hydrogen (secondary N) is 1. The average Bonchev–Trinajstić information content (AvgIpc) is 3.26. The quantitative estimate of drug-likeness (QED) is 0.896. The van der Waals surface area contributed by atoms with Gasteiger partial charge in [-0.2, -0.15) is 0 Å². The SMILES string of the molecule is O=C(NCc1ccc2c(c1)OCO2)[C@@H]1CC(=O)N(c2ccc(Cl)cc2)C1. The molecule has 0 aromatic heterocycles. The monoisotopic (exact) mass is 372 g/mol. The molecule has 2 heterocycles. The summed E-state index contributed by atoms with van der Waals surface area (Å²) in [5, 5.41) is 3.51. The number of anilines is 1. The minimum absolute atomic E-state index is 0.0597. The van der Waals surface area contributed by atoms with E-state index < -0.39 is 0 Å². The molecule has 4 rings (SSSR count). The van der Waals surface area contributed by atoms with E-state index in [0.717, 1.165) is 11.3 Å². The van der Waals surface area contributed by atoms with Crippen LogP contribution < -0.4 is 19.7 Å². The van der Waals surface area contributed by atoms with Crippen molar-refractivity contribution in [1.29, 1.82) is 0 Å². The second-order valence-electron chi connectivity index (χ2n) is 6.29. The van der Waals surface area contributed by atoms with Crippen LogP contribution in [-0.4, -0.2) is 25.2 Å². The maximum atomic E-state index is 12.5. The van der Waals surface area contributed by atoms with Gasteiger partial charge >= 0.3 is 0 Å². The lowest BCUT2D eigenvalue weighted by molar-refractivity contribution is -0.126. The summed E-state index contributed by atoms with van der Waals surface area (Å²) in [6.07, 6.45) is 0.204. The lowest BCUT2D eigenvalue weighted by Crippen LogP contribution is -2.32. The van der Waals surface area contributed by atoms with Crippen molar-refractivity contribution in [3.63, 3.8) is 0 Å². The standard InChI is InChI=1S/C19H17ClN2O4/c20-14-2-4-15(5-3-14)22-10-13(8-18(22)23)19(24)21-9-12-1-6-16-17(7-12)26-11-25-16/h1-7,13H,8-11H2,(H,21,24)/t13-/m1/s1. The Balaban J connectivity index is 1.36. The predicted octanol–water partition coefficient (Wildman–Crippen LogP) is 2.74. The van der Waals surface area contributed by atoms with Crippen molar-refractivity contribution < 1.29 is 19.1 Å². The Labute approximate surface area is 155 Å². The van der Waals surface area contributed by atoms with Crippen LogP contribution in [0.5, 0.6) is 11.5 Å². The van der Waals surface area contributed by atoms with Crippen LogP contribution in [0.15, 0.2) is 42.5 Å². The van der Waals surface area contributed by atoms with Crippen LogP contribution in [-0.2, 0) is 16.1 Å². The molecule has 0 bridgehead atoms. The predicted molar refractivity (Wildman–Crippen MR) is 96.3 cm³/mol. The molecule has 0 spiro atoms. The number of hydrogen-bond donors (Lipinski definition) is 1. The summed E-state index contributed by atoms with van der Waals surface area (Å²) in [5.74, 6) is 0.831. The summed E-state index contributed by atoms with van der Waals surface area (Å²) >= 11 is 5.88. The number of carbonyl (C=O) groups is 2. The number of halogens is 1. The lowest BCUT2D eigenvalue weighted by Gasteiger charge is -2.16. The van der Waals surface area contributed by atoms with Crippen molar-refractivity contribution in [1.82, 2.24) is 5.32 Å². The van der Waals surface area contributed by atoms with Crippen LogP contribution in [0.3, 0.4) is 0 Å². The van der Waals surface area contributed by atoms with Gasteiger partial charge in [-0.15, -0.1) is 0 Å². The molecule has 1 fully saturated rings. The summed E-state index contributed by atoms with van der Waals surface area (Å²) in [7, 11) is 0. The maximum Gasteiger partial charge on any atom is 0.231 e. The van der Waals surface area contributed by atoms with Gasteiger partial charge in [0.25, 0.3) is 0 Å². The highest BCUT2D eigenvalue weighted by Gasteiger charge is 2.35. The molecule has 2 aromatic rings. The zero-order valence-corrected chi connectivity index (χ0v) is 14.7. The molecular formula is C19H17ClN2O4. The zero-order chi connectivity index (χ0) is 18.1. The van der Waals surface area contributed by atoms with E-state index >= 15 is 0 Å². The minimum atomic E-state index is -0.368. The van der Waals surface area contributed by atoms with E-state index in [1.54, 1.807) is 29.2 Å². The second kappa shape index (κ2) is 6.88. The van der Waals surface area contributed by atoms with Gasteiger partial charge in [0.1, 0.15) is 0 Å². The molecule has 134 valence electrons. The smallest absolute Gasteiger partial charge is 0.231 e. The van der Waals surface area contributed by atoms with E-state index in [-0.39, 0.29) is 30.9 Å². The number of hydrogen-bond acceptors (Lipinski definition) is 4. The van der Waals surface area contributed by atoms with Crippen molar-refractivity contribution in [2.24, 2.45) is 5.92 Å². The van der Waals surface area contributed by atoms with Gasteiger partial charge in [0.2, 0.25) is 18.6 Å². The molecule has 2 aliphatic rings. The van der Waals surface area contributed by atoms with E-state index in [4.69, 9.17) is 21.1 Å². The van der Waals surface area contributed by atoms with E-state index in [0.29, 0.717) is 29.6 Å². The zero-order valence-electron chi connectivity index (χ0n) is 13.9. The van der Waals surface area contributed by atoms with Gasteiger partial charge in [0, 0.05) is 30.2 Å². The van der Waals surface area contributed by atoms with E-state index in [2.05, 4.69) is 5.32 Å². The Hall–Kier alpha value is -2.73. The van der Waals surface area contributed by atoms with Gasteiger partial charge in [-0.05, 0) is 42.0 Å². The molecule has 1 saturated heterocycles. The molecule has 0 saturated carbocycles. The molecule has 1 atom stereocenters. The maximum absolute atomic E-state index is 12.5. The van der Waals surface area contributed by atoms with E-state index in [1.807, 2.05) is 18.2 Å². The minimum Gasteiger partial charge on any atom is -0.454 e. The summed E-state index contributed by atoms with van der Waals surface area (Å²) in [5.41, 5.74) is 1.67. The molecule has 26 heavy (non-hydrogen) atoms. The summed E-state index contributed by atoms with van der Waals surface area (Å²) in [4.78, 5) is 26.3. The van der Waals surface area contributed by atoms with Gasteiger partial charge in [0.15, 0.2) is 11.5 Å². The first-order valence-corrected chi connectivity index (χ1v) is 8.70. The van der Waals surface area contributed by atoms with Crippen molar-refractivity contribution in [2.75, 3.05) is 18.2 Å². The highest BCUT2D eigenvalue weighted by Crippen LogP contribution is 2.32. The number of rotatable bonds is 4. The Morgan fingerprint density at radius 2 is 1.92 bits per heavy atom. The van der Waals surface area contributed by atoms with Crippen LogP contribution in [0, 0.1) is 5.92 Å². The van der Waals surface area contributed by atoms with Crippen molar-refractivity contribution >= 4 is 29.1 Å². The third kappa shape index (κ3) is 3.32. The Morgan fingerprint density at radius 3 is 2.73 bits per heavy atom. The summed E-state index contributed by atoms with van der Waals surface area (Å²) < 4.78 is 10.6. The van der Waals surface area contributed by atoms with Crippen molar-refractivity contribution in [2.45, 2.75) is 13.0 Å². The first-order chi connectivity index (χ1) is 12.6. The highest BCUT2D eigenvalue weighted by molar-refractivity contribution is 6.30. The number of ether oxygens (including phenoxy) is 2. The molecule has 6 nitrogen and oxygen atoms in total. The van der Waals surface area contributed by atoms with Crippen LogP contribution in [0.4, 0.5) is 5.69 Å². The second-order valence-corrected chi connectivity index (χ2v) is 6.72. The van der Waals surface area contributed by atoms with Gasteiger partial charge in [-0.25, -0.2) is 0 Å². The fourth-order valence-corrected chi connectivity index (χ4v) is 3.26. The average molecular weight is 373 g/mol. The van der Waals surface area contributed by atoms with E-state index in [1.165, 1.54) is 0 Å². The third-order valence-corrected chi connectivity index (χ3v) is 4.79. The van der Waals surface area contributed by atoms with Crippen LogP contribution in [0.1, 0.15) is 12.0 Å². The molecular weight excluding hydrogens is 356 g/mol. The first kappa shape index (κ1) is 16.7. The molecule has 2 aromatic carbocycles. The van der Waals surface area contributed by atoms with Crippen molar-refractivity contribution in [3.8, 4) is 11.5 Å². The first-order valence-electron chi connectivity index (χ1n) is 8.32. The number of benzene rings is 2. The molecule has 0 unspecified atom stereocenters. The molecule has 7 heteroatoms. The van der Waals surface area contributed by atoms with Crippen LogP contribution >= 0.6 is 11.6 Å². The topological polar surface area (TPSA) is 67.9 Å². The fourth-order valence-electron chi connectivity index (χ4n) is 3.14. The van der Waals surface area contributed by atoms with Crippen molar-refractivity contribution in [3.05, 3.63) is 53.1 Å². The normalized spacial score (nSPS) is 18.3. The number of fused-ring (bicyclic) bond motifs is 1. The lowest BCUT2D eigenvalue weighted by atomic mass is 10.1. The molecule has 0 radical (unpaired) electrons. The Bertz CT molecular complexity index is 853. The van der Waals surface area contributed by atoms with Gasteiger partial charge in [-0.1, -0.05) is 17.7 Å². The van der Waals surface area contributed by atoms with Gasteiger partial charge in [0.05, 0.1) is 5.92 Å². The van der Waals surface area contributed by atoms with Crippen LogP contribution in [0.25, 0.3) is 0 Å². The Morgan fingerprint density at radius 1 is 1.15 bits per heavy atom. The number of carbonyl (C=O) groups excluding carboxylic acids is 2. The fraction of sp³-hybridized carbons (Fsp3) is 0.263. The molecule has 1 N–H and O–H groups in total. The highest BCUT2D eigenvalue weighted by atomic mass is 35.5.